The van der Waals surface area contributed by atoms with E-state index in [0.29, 0.717) is 38.5 Å². The summed E-state index contributed by atoms with van der Waals surface area (Å²) in [5.74, 6) is -0.784. The Morgan fingerprint density at radius 3 is 2.14 bits per heavy atom. The number of hydrogen-bond donors (Lipinski definition) is 1. The van der Waals surface area contributed by atoms with Crippen LogP contribution in [0, 0.1) is 0 Å². The van der Waals surface area contributed by atoms with E-state index in [4.69, 9.17) is 25.3 Å². The number of carbonyl (C=O) groups excluding carboxylic acids is 3. The summed E-state index contributed by atoms with van der Waals surface area (Å²) in [5, 5.41) is 9.41. The first-order chi connectivity index (χ1) is 18.1. The molecule has 0 aliphatic carbocycles. The minimum atomic E-state index is -0.806. The first-order valence-electron chi connectivity index (χ1n) is 12.3. The molecule has 0 spiro atoms. The predicted molar refractivity (Wildman–Crippen MR) is 135 cm³/mol. The lowest BCUT2D eigenvalue weighted by atomic mass is 10.0. The fourth-order valence-corrected chi connectivity index (χ4v) is 3.17. The smallest absolute Gasteiger partial charge is 0.328 e. The Kier molecular flexibility index (Phi) is 18.4. The van der Waals surface area contributed by atoms with E-state index in [1.807, 2.05) is 30.3 Å². The van der Waals surface area contributed by atoms with Crippen molar-refractivity contribution in [2.75, 3.05) is 39.5 Å². The fraction of sp³-hybridized carbons (Fsp3) is 0.625. The Morgan fingerprint density at radius 2 is 1.49 bits per heavy atom. The fourth-order valence-electron chi connectivity index (χ4n) is 3.17. The van der Waals surface area contributed by atoms with Crippen LogP contribution in [0.3, 0.4) is 0 Å². The molecule has 0 bridgehead atoms. The summed E-state index contributed by atoms with van der Waals surface area (Å²) in [6, 6.07) is 8.45. The van der Waals surface area contributed by atoms with E-state index in [1.165, 1.54) is 0 Å². The second-order valence-corrected chi connectivity index (χ2v) is 7.99. The number of carbonyl (C=O) groups is 3. The van der Waals surface area contributed by atoms with E-state index in [-0.39, 0.29) is 64.2 Å². The van der Waals surface area contributed by atoms with E-state index in [0.717, 1.165) is 5.56 Å². The summed E-state index contributed by atoms with van der Waals surface area (Å²) in [6.07, 6.45) is 3.14. The summed E-state index contributed by atoms with van der Waals surface area (Å²) < 4.78 is 15.9. The van der Waals surface area contributed by atoms with Crippen molar-refractivity contribution < 1.29 is 28.6 Å². The van der Waals surface area contributed by atoms with E-state index in [1.54, 1.807) is 0 Å². The van der Waals surface area contributed by atoms with Gasteiger partial charge in [-0.3, -0.25) is 9.59 Å². The van der Waals surface area contributed by atoms with Crippen molar-refractivity contribution in [3.63, 3.8) is 0 Å². The van der Waals surface area contributed by atoms with Gasteiger partial charge in [0.2, 0.25) is 5.91 Å². The molecular weight excluding hydrogens is 482 g/mol. The molecule has 1 N–H and O–H groups in total. The first-order valence-corrected chi connectivity index (χ1v) is 12.3. The van der Waals surface area contributed by atoms with Crippen LogP contribution in [0.25, 0.3) is 20.9 Å². The minimum Gasteiger partial charge on any atom is -0.459 e. The van der Waals surface area contributed by atoms with Gasteiger partial charge in [-0.15, -0.1) is 0 Å². The quantitative estimate of drug-likeness (QED) is 0.0789. The number of rotatable bonds is 22. The Morgan fingerprint density at radius 1 is 0.838 bits per heavy atom. The molecule has 0 heterocycles. The third kappa shape index (κ3) is 17.4. The van der Waals surface area contributed by atoms with Gasteiger partial charge in [0.1, 0.15) is 18.4 Å². The summed E-state index contributed by atoms with van der Waals surface area (Å²) in [5.41, 5.74) is 17.3. The highest BCUT2D eigenvalue weighted by Gasteiger charge is 2.22. The average Bonchev–Trinajstić information content (AvgIpc) is 2.91. The molecule has 13 heteroatoms. The average molecular weight is 518 g/mol. The van der Waals surface area contributed by atoms with E-state index >= 15 is 0 Å². The third-order valence-electron chi connectivity index (χ3n) is 5.09. The van der Waals surface area contributed by atoms with E-state index in [2.05, 4.69) is 25.4 Å². The van der Waals surface area contributed by atoms with Gasteiger partial charge in [0.15, 0.2) is 0 Å². The number of ether oxygens (including phenoxy) is 3. The molecule has 0 aliphatic rings. The molecule has 0 aliphatic heterocycles. The second-order valence-electron chi connectivity index (χ2n) is 7.99. The number of ketones is 1. The monoisotopic (exact) mass is 517 g/mol. The lowest BCUT2D eigenvalue weighted by Crippen LogP contribution is -2.42. The van der Waals surface area contributed by atoms with Crippen LogP contribution in [0.4, 0.5) is 0 Å². The minimum absolute atomic E-state index is 0.0537. The standard InChI is InChI=1S/C24H35N7O6/c25-30-27-13-17-35-15-11-21(32)9-5-2-6-10-22(24(34)37-19-20-7-3-1-4-8-20)29-23(33)12-16-36-18-14-28-31-26/h1,3-4,7-8,22H,2,5-6,9-19H2,(H,29,33)/t22-/m0/s1. The Hall–Kier alpha value is -3.63. The first kappa shape index (κ1) is 31.4. The number of azide groups is 2. The molecule has 1 rings (SSSR count). The molecule has 1 atom stereocenters. The van der Waals surface area contributed by atoms with Crippen LogP contribution in [-0.2, 0) is 35.2 Å². The molecule has 1 amide bonds. The van der Waals surface area contributed by atoms with Crippen LogP contribution in [0.1, 0.15) is 50.5 Å². The molecule has 0 saturated heterocycles. The van der Waals surface area contributed by atoms with Gasteiger partial charge in [-0.05, 0) is 29.5 Å². The lowest BCUT2D eigenvalue weighted by Gasteiger charge is -2.18. The topological polar surface area (TPSA) is 188 Å². The highest BCUT2D eigenvalue weighted by atomic mass is 16.5. The zero-order valence-corrected chi connectivity index (χ0v) is 21.0. The van der Waals surface area contributed by atoms with Crippen LogP contribution in [0.5, 0.6) is 0 Å². The van der Waals surface area contributed by atoms with Gasteiger partial charge in [0.25, 0.3) is 0 Å². The van der Waals surface area contributed by atoms with Gasteiger partial charge >= 0.3 is 5.97 Å². The molecule has 13 nitrogen and oxygen atoms in total. The molecule has 1 aromatic carbocycles. The normalized spacial score (nSPS) is 11.0. The zero-order chi connectivity index (χ0) is 27.0. The number of unbranched alkanes of at least 4 members (excludes halogenated alkanes) is 2. The predicted octanol–water partition coefficient (Wildman–Crippen LogP) is 4.17. The summed E-state index contributed by atoms with van der Waals surface area (Å²) in [6.45, 7) is 1.44. The molecule has 202 valence electrons. The van der Waals surface area contributed by atoms with Gasteiger partial charge in [0, 0.05) is 42.2 Å². The number of amides is 1. The summed E-state index contributed by atoms with van der Waals surface area (Å²) in [4.78, 5) is 42.2. The Bertz CT molecular complexity index is 902. The maximum Gasteiger partial charge on any atom is 0.328 e. The molecule has 0 unspecified atom stereocenters. The van der Waals surface area contributed by atoms with E-state index < -0.39 is 12.0 Å². The molecular formula is C24H35N7O6. The highest BCUT2D eigenvalue weighted by molar-refractivity contribution is 5.84. The number of nitrogens with zero attached hydrogens (tertiary/aromatic N) is 6. The van der Waals surface area contributed by atoms with Crippen LogP contribution in [-0.4, -0.2) is 63.2 Å². The van der Waals surface area contributed by atoms with Gasteiger partial charge in [-0.2, -0.15) is 0 Å². The molecule has 0 saturated carbocycles. The van der Waals surface area contributed by atoms with Gasteiger partial charge in [0.05, 0.1) is 26.4 Å². The molecule has 0 radical (unpaired) electrons. The van der Waals surface area contributed by atoms with Crippen molar-refractivity contribution in [2.45, 2.75) is 57.6 Å². The highest BCUT2D eigenvalue weighted by Crippen LogP contribution is 2.10. The van der Waals surface area contributed by atoms with Crippen LogP contribution >= 0.6 is 0 Å². The molecule has 37 heavy (non-hydrogen) atoms. The maximum atomic E-state index is 12.7. The van der Waals surface area contributed by atoms with Crippen LogP contribution < -0.4 is 5.32 Å². The lowest BCUT2D eigenvalue weighted by molar-refractivity contribution is -0.149. The summed E-state index contributed by atoms with van der Waals surface area (Å²) >= 11 is 0. The maximum absolute atomic E-state index is 12.7. The third-order valence-corrected chi connectivity index (χ3v) is 5.09. The van der Waals surface area contributed by atoms with Crippen molar-refractivity contribution >= 4 is 17.7 Å². The number of hydrogen-bond acceptors (Lipinski definition) is 8. The van der Waals surface area contributed by atoms with Crippen molar-refractivity contribution in [3.05, 3.63) is 56.8 Å². The number of benzene rings is 1. The van der Waals surface area contributed by atoms with Crippen LogP contribution in [0.2, 0.25) is 0 Å². The zero-order valence-electron chi connectivity index (χ0n) is 21.0. The summed E-state index contributed by atoms with van der Waals surface area (Å²) in [7, 11) is 0. The van der Waals surface area contributed by atoms with Gasteiger partial charge in [-0.1, -0.05) is 53.4 Å². The SMILES string of the molecule is [N-]=[N+]=NCCOCCC(=O)CCCCC[C@H](NC(=O)CCOCCN=[N+]=[N-])C(=O)OCc1ccccc1. The number of nitrogens with one attached hydrogen (secondary N) is 1. The van der Waals surface area contributed by atoms with E-state index in [9.17, 15) is 14.4 Å². The molecule has 0 fully saturated rings. The second kappa shape index (κ2) is 21.6. The number of esters is 1. The van der Waals surface area contributed by atoms with Crippen molar-refractivity contribution in [1.29, 1.82) is 0 Å². The van der Waals surface area contributed by atoms with Crippen molar-refractivity contribution in [1.82, 2.24) is 5.32 Å². The van der Waals surface area contributed by atoms with Crippen molar-refractivity contribution in [2.24, 2.45) is 10.2 Å². The largest absolute Gasteiger partial charge is 0.459 e. The Balaban J connectivity index is 2.39. The molecule has 1 aromatic rings. The van der Waals surface area contributed by atoms with Crippen molar-refractivity contribution in [3.8, 4) is 0 Å². The Labute approximate surface area is 216 Å². The van der Waals surface area contributed by atoms with Gasteiger partial charge < -0.3 is 19.5 Å². The van der Waals surface area contributed by atoms with Crippen LogP contribution in [0.15, 0.2) is 40.6 Å². The van der Waals surface area contributed by atoms with Gasteiger partial charge in [-0.25, -0.2) is 4.79 Å². The number of Topliss-reactive ketones (excluding diaryl/α,β-unsaturated/α-hetero) is 1. The molecule has 0 aromatic heterocycles.